The van der Waals surface area contributed by atoms with Crippen LogP contribution in [-0.4, -0.2) is 48.6 Å². The normalized spacial score (nSPS) is 14.4. The molecule has 0 spiro atoms. The molecule has 6 heteroatoms. The zero-order valence-electron chi connectivity index (χ0n) is 11.3. The molecule has 0 saturated carbocycles. The Kier molecular flexibility index (Phi) is 4.49. The summed E-state index contributed by atoms with van der Waals surface area (Å²) >= 11 is 5.91. The lowest BCUT2D eigenvalue weighted by atomic mass is 10.1. The molecule has 1 aliphatic heterocycles. The van der Waals surface area contributed by atoms with Gasteiger partial charge in [-0.1, -0.05) is 11.6 Å². The van der Waals surface area contributed by atoms with Crippen LogP contribution in [0.5, 0.6) is 0 Å². The van der Waals surface area contributed by atoms with Crippen molar-refractivity contribution in [1.29, 1.82) is 0 Å². The quantitative estimate of drug-likeness (QED) is 0.924. The topological polar surface area (TPSA) is 60.9 Å². The van der Waals surface area contributed by atoms with Crippen molar-refractivity contribution in [2.45, 2.75) is 12.8 Å². The first-order chi connectivity index (χ1) is 9.49. The summed E-state index contributed by atoms with van der Waals surface area (Å²) in [6, 6.07) is 4.56. The summed E-state index contributed by atoms with van der Waals surface area (Å²) in [4.78, 5) is 26.8. The largest absolute Gasteiger partial charge is 0.478 e. The molecule has 1 amide bonds. The Morgan fingerprint density at radius 2 is 2.00 bits per heavy atom. The van der Waals surface area contributed by atoms with Crippen molar-refractivity contribution in [3.8, 4) is 0 Å². The minimum Gasteiger partial charge on any atom is -0.478 e. The Morgan fingerprint density at radius 1 is 1.35 bits per heavy atom. The van der Waals surface area contributed by atoms with Crippen LogP contribution in [0, 0.1) is 0 Å². The van der Waals surface area contributed by atoms with Crippen LogP contribution in [-0.2, 0) is 4.79 Å². The molecule has 1 saturated heterocycles. The molecular weight excluding hydrogens is 280 g/mol. The highest BCUT2D eigenvalue weighted by Gasteiger charge is 2.21. The maximum absolute atomic E-state index is 12.1. The van der Waals surface area contributed by atoms with Gasteiger partial charge < -0.3 is 14.9 Å². The molecule has 1 aliphatic rings. The van der Waals surface area contributed by atoms with Gasteiger partial charge in [-0.15, -0.1) is 0 Å². The lowest BCUT2D eigenvalue weighted by Crippen LogP contribution is -2.37. The summed E-state index contributed by atoms with van der Waals surface area (Å²) in [5.74, 6) is -1.02. The number of carbonyl (C=O) groups is 2. The molecule has 1 fully saturated rings. The van der Waals surface area contributed by atoms with E-state index in [1.165, 1.54) is 12.1 Å². The average molecular weight is 297 g/mol. The number of likely N-dealkylation sites (N-methyl/N-ethyl adjacent to an activating group) is 1. The van der Waals surface area contributed by atoms with Gasteiger partial charge in [0.15, 0.2) is 0 Å². The van der Waals surface area contributed by atoms with Gasteiger partial charge in [-0.3, -0.25) is 4.79 Å². The molecule has 0 bridgehead atoms. The molecule has 0 radical (unpaired) electrons. The first kappa shape index (κ1) is 14.7. The Morgan fingerprint density at radius 3 is 2.60 bits per heavy atom. The Bertz CT molecular complexity index is 527. The van der Waals surface area contributed by atoms with E-state index < -0.39 is 5.97 Å². The van der Waals surface area contributed by atoms with Crippen LogP contribution in [0.4, 0.5) is 5.69 Å². The molecular formula is C14H17ClN2O3. The Balaban J connectivity index is 2.15. The van der Waals surface area contributed by atoms with Crippen LogP contribution in [0.2, 0.25) is 5.02 Å². The third-order valence-corrected chi connectivity index (χ3v) is 3.67. The first-order valence-electron chi connectivity index (χ1n) is 6.51. The third kappa shape index (κ3) is 3.22. The van der Waals surface area contributed by atoms with Crippen molar-refractivity contribution in [3.05, 3.63) is 28.8 Å². The van der Waals surface area contributed by atoms with E-state index in [1.54, 1.807) is 18.0 Å². The minimum absolute atomic E-state index is 0.0151. The van der Waals surface area contributed by atoms with E-state index in [9.17, 15) is 14.7 Å². The summed E-state index contributed by atoms with van der Waals surface area (Å²) in [7, 11) is 1.70. The summed E-state index contributed by atoms with van der Waals surface area (Å²) in [6.45, 7) is 1.72. The molecule has 0 aliphatic carbocycles. The summed E-state index contributed by atoms with van der Waals surface area (Å²) in [6.07, 6.45) is 2.07. The predicted octanol–water partition coefficient (Wildman–Crippen LogP) is 2.10. The van der Waals surface area contributed by atoms with E-state index in [0.29, 0.717) is 10.7 Å². The number of carboxylic acids is 1. The lowest BCUT2D eigenvalue weighted by molar-refractivity contribution is -0.128. The average Bonchev–Trinajstić information content (AvgIpc) is 2.92. The van der Waals surface area contributed by atoms with Crippen LogP contribution in [0.3, 0.4) is 0 Å². The number of nitrogens with zero attached hydrogens (tertiary/aromatic N) is 2. The number of anilines is 1. The second-order valence-corrected chi connectivity index (χ2v) is 5.35. The van der Waals surface area contributed by atoms with E-state index in [4.69, 9.17) is 11.6 Å². The van der Waals surface area contributed by atoms with Gasteiger partial charge in [0.05, 0.1) is 17.8 Å². The maximum Gasteiger partial charge on any atom is 0.337 e. The molecule has 1 aromatic rings. The highest BCUT2D eigenvalue weighted by atomic mass is 35.5. The number of carboxylic acid groups (broad SMARTS) is 1. The predicted molar refractivity (Wildman–Crippen MR) is 77.5 cm³/mol. The third-order valence-electron chi connectivity index (χ3n) is 3.43. The van der Waals surface area contributed by atoms with Crippen molar-refractivity contribution in [1.82, 2.24) is 4.90 Å². The number of aromatic carboxylic acids is 1. The van der Waals surface area contributed by atoms with Crippen LogP contribution in [0.25, 0.3) is 0 Å². The fourth-order valence-corrected chi connectivity index (χ4v) is 2.52. The first-order valence-corrected chi connectivity index (χ1v) is 6.88. The molecule has 1 aromatic carbocycles. The number of halogens is 1. The Hall–Kier alpha value is -1.75. The van der Waals surface area contributed by atoms with Gasteiger partial charge in [0.2, 0.25) is 5.91 Å². The number of carbonyl (C=O) groups excluding carboxylic acids is 1. The highest BCUT2D eigenvalue weighted by molar-refractivity contribution is 6.31. The van der Waals surface area contributed by atoms with E-state index >= 15 is 0 Å². The van der Waals surface area contributed by atoms with Crippen molar-refractivity contribution in [2.75, 3.05) is 31.6 Å². The van der Waals surface area contributed by atoms with Gasteiger partial charge in [-0.25, -0.2) is 4.79 Å². The molecule has 20 heavy (non-hydrogen) atoms. The molecule has 5 nitrogen and oxygen atoms in total. The van der Waals surface area contributed by atoms with Crippen molar-refractivity contribution >= 4 is 29.2 Å². The van der Waals surface area contributed by atoms with E-state index in [2.05, 4.69) is 0 Å². The summed E-state index contributed by atoms with van der Waals surface area (Å²) in [5, 5.41) is 9.64. The number of hydrogen-bond donors (Lipinski definition) is 1. The highest BCUT2D eigenvalue weighted by Crippen LogP contribution is 2.24. The van der Waals surface area contributed by atoms with Crippen LogP contribution in [0.15, 0.2) is 18.2 Å². The second-order valence-electron chi connectivity index (χ2n) is 4.91. The monoisotopic (exact) mass is 296 g/mol. The summed E-state index contributed by atoms with van der Waals surface area (Å²) in [5.41, 5.74) is 0.601. The van der Waals surface area contributed by atoms with Crippen molar-refractivity contribution < 1.29 is 14.7 Å². The zero-order chi connectivity index (χ0) is 14.7. The van der Waals surface area contributed by atoms with E-state index in [0.717, 1.165) is 25.9 Å². The fraction of sp³-hybridized carbons (Fsp3) is 0.429. The summed E-state index contributed by atoms with van der Waals surface area (Å²) < 4.78 is 0. The fourth-order valence-electron chi connectivity index (χ4n) is 2.36. The molecule has 2 rings (SSSR count). The van der Waals surface area contributed by atoms with Gasteiger partial charge >= 0.3 is 5.97 Å². The number of amides is 1. The van der Waals surface area contributed by atoms with Gasteiger partial charge in [0.1, 0.15) is 0 Å². The molecule has 1 N–H and O–H groups in total. The molecule has 0 atom stereocenters. The van der Waals surface area contributed by atoms with Crippen molar-refractivity contribution in [3.63, 3.8) is 0 Å². The molecule has 108 valence electrons. The number of rotatable bonds is 4. The molecule has 0 unspecified atom stereocenters. The number of likely N-dealkylation sites (tertiary alicyclic amines) is 1. The standard InChI is InChI=1S/C14H17ClN2O3/c1-16(9-13(18)17-6-2-3-7-17)12-8-10(15)4-5-11(12)14(19)20/h4-5,8H,2-3,6-7,9H2,1H3,(H,19,20). The minimum atomic E-state index is -1.03. The van der Waals surface area contributed by atoms with Crippen molar-refractivity contribution in [2.24, 2.45) is 0 Å². The van der Waals surface area contributed by atoms with Gasteiger partial charge in [-0.05, 0) is 31.0 Å². The van der Waals surface area contributed by atoms with Crippen LogP contribution < -0.4 is 4.90 Å². The SMILES string of the molecule is CN(CC(=O)N1CCCC1)c1cc(Cl)ccc1C(=O)O. The molecule has 0 aromatic heterocycles. The Labute approximate surface area is 122 Å². The number of hydrogen-bond acceptors (Lipinski definition) is 3. The number of benzene rings is 1. The zero-order valence-corrected chi connectivity index (χ0v) is 12.1. The lowest BCUT2D eigenvalue weighted by Gasteiger charge is -2.24. The molecule has 1 heterocycles. The van der Waals surface area contributed by atoms with Crippen LogP contribution in [0.1, 0.15) is 23.2 Å². The van der Waals surface area contributed by atoms with E-state index in [1.807, 2.05) is 4.90 Å². The van der Waals surface area contributed by atoms with Crippen LogP contribution >= 0.6 is 11.6 Å². The second kappa shape index (κ2) is 6.13. The smallest absolute Gasteiger partial charge is 0.337 e. The van der Waals surface area contributed by atoms with E-state index in [-0.39, 0.29) is 18.0 Å². The van der Waals surface area contributed by atoms with Gasteiger partial charge in [0.25, 0.3) is 0 Å². The van der Waals surface area contributed by atoms with Gasteiger partial charge in [-0.2, -0.15) is 0 Å². The maximum atomic E-state index is 12.1. The van der Waals surface area contributed by atoms with Gasteiger partial charge in [0, 0.05) is 25.2 Å².